The second kappa shape index (κ2) is 4.30. The predicted molar refractivity (Wildman–Crippen MR) is 55.0 cm³/mol. The van der Waals surface area contributed by atoms with Crippen LogP contribution in [0.25, 0.3) is 0 Å². The van der Waals surface area contributed by atoms with Crippen LogP contribution in [0.1, 0.15) is 16.7 Å². The van der Waals surface area contributed by atoms with Crippen LogP contribution in [0, 0.1) is 0 Å². The van der Waals surface area contributed by atoms with Gasteiger partial charge in [-0.1, -0.05) is 0 Å². The number of aliphatic hydroxyl groups is 1. The quantitative estimate of drug-likeness (QED) is 0.833. The van der Waals surface area contributed by atoms with Crippen LogP contribution in [-0.4, -0.2) is 15.1 Å². The molecule has 0 fully saturated rings. The topological polar surface area (TPSA) is 46.0 Å². The normalized spacial score (nSPS) is 12.6. The van der Waals surface area contributed by atoms with Crippen LogP contribution >= 0.6 is 11.3 Å². The largest absolute Gasteiger partial charge is 0.386 e. The van der Waals surface area contributed by atoms with Crippen LogP contribution in [0.2, 0.25) is 0 Å². The molecular formula is C10H10N2OS. The molecule has 1 N–H and O–H groups in total. The van der Waals surface area contributed by atoms with Crippen LogP contribution in [0.3, 0.4) is 0 Å². The van der Waals surface area contributed by atoms with Crippen molar-refractivity contribution in [1.82, 2.24) is 9.97 Å². The standard InChI is InChI=1S/C10H10N2OS/c13-9(10-12-5-6-14-10)7-8-1-3-11-4-2-8/h1-6,9,13H,7H2. The van der Waals surface area contributed by atoms with Crippen molar-refractivity contribution in [2.24, 2.45) is 0 Å². The molecule has 1 atom stereocenters. The van der Waals surface area contributed by atoms with Crippen molar-refractivity contribution in [3.8, 4) is 0 Å². The van der Waals surface area contributed by atoms with Gasteiger partial charge in [0.2, 0.25) is 0 Å². The third-order valence-corrected chi connectivity index (χ3v) is 2.79. The van der Waals surface area contributed by atoms with E-state index >= 15 is 0 Å². The smallest absolute Gasteiger partial charge is 0.121 e. The minimum atomic E-state index is -0.502. The molecule has 14 heavy (non-hydrogen) atoms. The van der Waals surface area contributed by atoms with Gasteiger partial charge in [0.1, 0.15) is 11.1 Å². The Bertz CT molecular complexity index is 374. The van der Waals surface area contributed by atoms with Crippen molar-refractivity contribution in [3.05, 3.63) is 46.7 Å². The molecule has 2 rings (SSSR count). The zero-order valence-electron chi connectivity index (χ0n) is 7.50. The van der Waals surface area contributed by atoms with E-state index in [1.807, 2.05) is 17.5 Å². The number of nitrogens with zero attached hydrogens (tertiary/aromatic N) is 2. The van der Waals surface area contributed by atoms with E-state index in [4.69, 9.17) is 0 Å². The molecule has 0 aliphatic rings. The Morgan fingerprint density at radius 1 is 1.29 bits per heavy atom. The van der Waals surface area contributed by atoms with Gasteiger partial charge in [0.15, 0.2) is 0 Å². The van der Waals surface area contributed by atoms with Gasteiger partial charge in [-0.05, 0) is 17.7 Å². The molecule has 72 valence electrons. The van der Waals surface area contributed by atoms with Crippen molar-refractivity contribution in [3.63, 3.8) is 0 Å². The number of aliphatic hydroxyl groups excluding tert-OH is 1. The Labute approximate surface area is 86.1 Å². The maximum atomic E-state index is 9.79. The van der Waals surface area contributed by atoms with Crippen molar-refractivity contribution in [2.75, 3.05) is 0 Å². The number of rotatable bonds is 3. The molecule has 0 spiro atoms. The van der Waals surface area contributed by atoms with E-state index in [-0.39, 0.29) is 0 Å². The molecule has 3 nitrogen and oxygen atoms in total. The van der Waals surface area contributed by atoms with Crippen molar-refractivity contribution in [1.29, 1.82) is 0 Å². The van der Waals surface area contributed by atoms with Gasteiger partial charge >= 0.3 is 0 Å². The fraction of sp³-hybridized carbons (Fsp3) is 0.200. The number of thiazole rings is 1. The molecule has 0 saturated heterocycles. The molecule has 0 aliphatic carbocycles. The van der Waals surface area contributed by atoms with Gasteiger partial charge in [0.05, 0.1) is 0 Å². The summed E-state index contributed by atoms with van der Waals surface area (Å²) in [4.78, 5) is 7.99. The molecule has 2 aromatic rings. The average Bonchev–Trinajstić information content (AvgIpc) is 2.72. The molecule has 2 heterocycles. The van der Waals surface area contributed by atoms with Gasteiger partial charge in [0.25, 0.3) is 0 Å². The summed E-state index contributed by atoms with van der Waals surface area (Å²) in [6, 6.07) is 3.80. The van der Waals surface area contributed by atoms with Crippen LogP contribution in [0.15, 0.2) is 36.1 Å². The van der Waals surface area contributed by atoms with E-state index in [1.165, 1.54) is 11.3 Å². The van der Waals surface area contributed by atoms with Crippen molar-refractivity contribution >= 4 is 11.3 Å². The SMILES string of the molecule is OC(Cc1ccncc1)c1nccs1. The first kappa shape index (κ1) is 9.30. The first-order valence-electron chi connectivity index (χ1n) is 4.32. The summed E-state index contributed by atoms with van der Waals surface area (Å²) in [6.45, 7) is 0. The van der Waals surface area contributed by atoms with E-state index in [0.717, 1.165) is 10.6 Å². The molecule has 0 bridgehead atoms. The molecular weight excluding hydrogens is 196 g/mol. The zero-order valence-corrected chi connectivity index (χ0v) is 8.31. The highest BCUT2D eigenvalue weighted by atomic mass is 32.1. The van der Waals surface area contributed by atoms with Gasteiger partial charge in [-0.3, -0.25) is 4.98 Å². The Hall–Kier alpha value is -1.26. The van der Waals surface area contributed by atoms with Crippen LogP contribution in [-0.2, 0) is 6.42 Å². The highest BCUT2D eigenvalue weighted by molar-refractivity contribution is 7.09. The maximum Gasteiger partial charge on any atom is 0.121 e. The molecule has 0 amide bonds. The molecule has 2 aromatic heterocycles. The second-order valence-corrected chi connectivity index (χ2v) is 3.87. The number of hydrogen-bond acceptors (Lipinski definition) is 4. The molecule has 0 radical (unpaired) electrons. The molecule has 4 heteroatoms. The highest BCUT2D eigenvalue weighted by Gasteiger charge is 2.10. The summed E-state index contributed by atoms with van der Waals surface area (Å²) in [5, 5.41) is 12.4. The summed E-state index contributed by atoms with van der Waals surface area (Å²) in [7, 11) is 0. The second-order valence-electron chi connectivity index (χ2n) is 2.95. The fourth-order valence-electron chi connectivity index (χ4n) is 1.23. The summed E-state index contributed by atoms with van der Waals surface area (Å²) >= 11 is 1.47. The lowest BCUT2D eigenvalue weighted by Gasteiger charge is -2.06. The van der Waals surface area contributed by atoms with Crippen LogP contribution < -0.4 is 0 Å². The highest BCUT2D eigenvalue weighted by Crippen LogP contribution is 2.19. The first-order valence-corrected chi connectivity index (χ1v) is 5.20. The molecule has 0 saturated carbocycles. The fourth-order valence-corrected chi connectivity index (χ4v) is 1.85. The Morgan fingerprint density at radius 3 is 2.71 bits per heavy atom. The Morgan fingerprint density at radius 2 is 2.07 bits per heavy atom. The van der Waals surface area contributed by atoms with Gasteiger partial charge < -0.3 is 5.11 Å². The van der Waals surface area contributed by atoms with Crippen LogP contribution in [0.4, 0.5) is 0 Å². The van der Waals surface area contributed by atoms with E-state index in [0.29, 0.717) is 6.42 Å². The summed E-state index contributed by atoms with van der Waals surface area (Å²) < 4.78 is 0. The van der Waals surface area contributed by atoms with Crippen molar-refractivity contribution < 1.29 is 5.11 Å². The van der Waals surface area contributed by atoms with E-state index in [1.54, 1.807) is 18.6 Å². The lowest BCUT2D eigenvalue weighted by atomic mass is 10.1. The number of hydrogen-bond donors (Lipinski definition) is 1. The van der Waals surface area contributed by atoms with Crippen molar-refractivity contribution in [2.45, 2.75) is 12.5 Å². The monoisotopic (exact) mass is 206 g/mol. The minimum Gasteiger partial charge on any atom is -0.386 e. The van der Waals surface area contributed by atoms with Gasteiger partial charge in [-0.15, -0.1) is 11.3 Å². The predicted octanol–water partition coefficient (Wildman–Crippen LogP) is 1.81. The van der Waals surface area contributed by atoms with E-state index in [9.17, 15) is 5.11 Å². The third-order valence-electron chi connectivity index (χ3n) is 1.91. The molecule has 0 aliphatic heterocycles. The summed E-state index contributed by atoms with van der Waals surface area (Å²) in [6.07, 6.45) is 5.25. The minimum absolute atomic E-state index is 0.502. The number of pyridine rings is 1. The van der Waals surface area contributed by atoms with Crippen LogP contribution in [0.5, 0.6) is 0 Å². The molecule has 0 aromatic carbocycles. The number of aromatic nitrogens is 2. The summed E-state index contributed by atoms with van der Waals surface area (Å²) in [5.41, 5.74) is 1.07. The third kappa shape index (κ3) is 2.16. The Kier molecular flexibility index (Phi) is 2.86. The zero-order chi connectivity index (χ0) is 9.80. The van der Waals surface area contributed by atoms with Gasteiger partial charge in [0, 0.05) is 30.4 Å². The Balaban J connectivity index is 2.06. The van der Waals surface area contributed by atoms with Gasteiger partial charge in [-0.2, -0.15) is 0 Å². The average molecular weight is 206 g/mol. The first-order chi connectivity index (χ1) is 6.86. The lowest BCUT2D eigenvalue weighted by molar-refractivity contribution is 0.178. The maximum absolute atomic E-state index is 9.79. The van der Waals surface area contributed by atoms with Gasteiger partial charge in [-0.25, -0.2) is 4.98 Å². The lowest BCUT2D eigenvalue weighted by Crippen LogP contribution is -2.00. The van der Waals surface area contributed by atoms with E-state index in [2.05, 4.69) is 9.97 Å². The van der Waals surface area contributed by atoms with E-state index < -0.39 is 6.10 Å². The molecule has 1 unspecified atom stereocenters. The summed E-state index contributed by atoms with van der Waals surface area (Å²) in [5.74, 6) is 0.